The van der Waals surface area contributed by atoms with Crippen LogP contribution in [0.4, 0.5) is 18.9 Å². The highest BCUT2D eigenvalue weighted by Gasteiger charge is 2.34. The molecule has 22 heavy (non-hydrogen) atoms. The van der Waals surface area contributed by atoms with Crippen LogP contribution < -0.4 is 10.6 Å². The van der Waals surface area contributed by atoms with Gasteiger partial charge in [-0.3, -0.25) is 4.79 Å². The Balaban J connectivity index is 0.00000242. The van der Waals surface area contributed by atoms with Gasteiger partial charge in [-0.2, -0.15) is 13.2 Å². The number of hydrogen-bond donors (Lipinski definition) is 2. The number of morpholine rings is 1. The van der Waals surface area contributed by atoms with Crippen molar-refractivity contribution in [1.82, 2.24) is 5.32 Å². The second kappa shape index (κ2) is 7.63. The van der Waals surface area contributed by atoms with Crippen LogP contribution in [-0.4, -0.2) is 31.2 Å². The summed E-state index contributed by atoms with van der Waals surface area (Å²) in [6, 6.07) is 2.98. The van der Waals surface area contributed by atoms with E-state index in [9.17, 15) is 18.0 Å². The van der Waals surface area contributed by atoms with Gasteiger partial charge in [-0.1, -0.05) is 15.9 Å². The largest absolute Gasteiger partial charge is 0.417 e. The van der Waals surface area contributed by atoms with E-state index in [0.29, 0.717) is 13.2 Å². The zero-order chi connectivity index (χ0) is 15.6. The van der Waals surface area contributed by atoms with E-state index in [4.69, 9.17) is 4.74 Å². The number of anilines is 1. The molecule has 0 spiro atoms. The standard InChI is InChI=1S/C13H14BrF3N2O2.ClH/c1-7-11(18-4-5-21-7)12(20)19-8-2-3-10(14)9(6-8)13(15,16)17;/h2-3,6-7,11,18H,4-5H2,1H3,(H,19,20);1H/t7-,11+;/m1./s1. The molecule has 0 radical (unpaired) electrons. The van der Waals surface area contributed by atoms with Gasteiger partial charge < -0.3 is 15.4 Å². The molecule has 1 fully saturated rings. The molecule has 2 N–H and O–H groups in total. The fourth-order valence-electron chi connectivity index (χ4n) is 2.07. The maximum atomic E-state index is 12.8. The Morgan fingerprint density at radius 3 is 2.73 bits per heavy atom. The molecule has 0 saturated carbocycles. The highest BCUT2D eigenvalue weighted by molar-refractivity contribution is 9.10. The van der Waals surface area contributed by atoms with Crippen LogP contribution in [0.2, 0.25) is 0 Å². The summed E-state index contributed by atoms with van der Waals surface area (Å²) in [7, 11) is 0. The summed E-state index contributed by atoms with van der Waals surface area (Å²) < 4.78 is 43.7. The maximum absolute atomic E-state index is 12.8. The van der Waals surface area contributed by atoms with Gasteiger partial charge in [0.1, 0.15) is 6.04 Å². The van der Waals surface area contributed by atoms with Gasteiger partial charge in [-0.15, -0.1) is 12.4 Å². The van der Waals surface area contributed by atoms with E-state index in [1.807, 2.05) is 0 Å². The monoisotopic (exact) mass is 402 g/mol. The predicted octanol–water partition coefficient (Wildman–Crippen LogP) is 3.21. The number of carbonyl (C=O) groups is 1. The van der Waals surface area contributed by atoms with Crippen LogP contribution in [0, 0.1) is 0 Å². The summed E-state index contributed by atoms with van der Waals surface area (Å²) in [5.41, 5.74) is -0.740. The molecule has 0 aliphatic carbocycles. The van der Waals surface area contributed by atoms with Crippen LogP contribution in [0.25, 0.3) is 0 Å². The number of alkyl halides is 3. The van der Waals surface area contributed by atoms with E-state index in [2.05, 4.69) is 26.6 Å². The SMILES string of the molecule is C[C@H]1OCCN[C@@H]1C(=O)Nc1ccc(Br)c(C(F)(F)F)c1.Cl. The van der Waals surface area contributed by atoms with Crippen LogP contribution in [0.15, 0.2) is 22.7 Å². The van der Waals surface area contributed by atoms with Crippen LogP contribution in [0.5, 0.6) is 0 Å². The van der Waals surface area contributed by atoms with Gasteiger partial charge in [0.15, 0.2) is 0 Å². The minimum atomic E-state index is -4.49. The van der Waals surface area contributed by atoms with Crippen LogP contribution in [0.1, 0.15) is 12.5 Å². The van der Waals surface area contributed by atoms with E-state index in [1.54, 1.807) is 6.92 Å². The van der Waals surface area contributed by atoms with Gasteiger partial charge in [-0.25, -0.2) is 0 Å². The smallest absolute Gasteiger partial charge is 0.375 e. The number of hydrogen-bond acceptors (Lipinski definition) is 3. The molecule has 0 aromatic heterocycles. The van der Waals surface area contributed by atoms with Crippen LogP contribution in [0.3, 0.4) is 0 Å². The number of rotatable bonds is 2. The van der Waals surface area contributed by atoms with Crippen molar-refractivity contribution in [2.75, 3.05) is 18.5 Å². The van der Waals surface area contributed by atoms with Crippen LogP contribution >= 0.6 is 28.3 Å². The number of benzene rings is 1. The molecule has 2 atom stereocenters. The van der Waals surface area contributed by atoms with Crippen molar-refractivity contribution in [3.8, 4) is 0 Å². The Labute approximate surface area is 140 Å². The lowest BCUT2D eigenvalue weighted by molar-refractivity contribution is -0.138. The van der Waals surface area contributed by atoms with Crippen molar-refractivity contribution in [2.24, 2.45) is 0 Å². The first-order valence-electron chi connectivity index (χ1n) is 6.31. The first kappa shape index (κ1) is 19.2. The molecular formula is C13H15BrClF3N2O2. The number of carbonyl (C=O) groups excluding carboxylic acids is 1. The summed E-state index contributed by atoms with van der Waals surface area (Å²) in [5, 5.41) is 5.46. The normalized spacial score (nSPS) is 21.9. The quantitative estimate of drug-likeness (QED) is 0.797. The molecule has 1 aliphatic rings. The van der Waals surface area contributed by atoms with Crippen molar-refractivity contribution in [1.29, 1.82) is 0 Å². The third kappa shape index (κ3) is 4.58. The molecule has 1 aromatic carbocycles. The highest BCUT2D eigenvalue weighted by Crippen LogP contribution is 2.36. The van der Waals surface area contributed by atoms with Crippen molar-refractivity contribution in [2.45, 2.75) is 25.2 Å². The average Bonchev–Trinajstić information content (AvgIpc) is 2.40. The Hall–Kier alpha value is -0.830. The molecular weight excluding hydrogens is 389 g/mol. The fraction of sp³-hybridized carbons (Fsp3) is 0.462. The minimum Gasteiger partial charge on any atom is -0.375 e. The first-order valence-corrected chi connectivity index (χ1v) is 7.11. The number of ether oxygens (including phenoxy) is 1. The predicted molar refractivity (Wildman–Crippen MR) is 82.2 cm³/mol. The third-order valence-electron chi connectivity index (χ3n) is 3.14. The molecule has 1 aliphatic heterocycles. The molecule has 9 heteroatoms. The summed E-state index contributed by atoms with van der Waals surface area (Å²) in [6.07, 6.45) is -4.82. The number of halogens is 5. The fourth-order valence-corrected chi connectivity index (χ4v) is 2.54. The topological polar surface area (TPSA) is 50.4 Å². The molecule has 1 heterocycles. The van der Waals surface area contributed by atoms with Gasteiger partial charge in [0.05, 0.1) is 18.3 Å². The van der Waals surface area contributed by atoms with Crippen molar-refractivity contribution >= 4 is 39.9 Å². The van der Waals surface area contributed by atoms with E-state index in [0.717, 1.165) is 6.07 Å². The van der Waals surface area contributed by atoms with Crippen molar-refractivity contribution in [3.05, 3.63) is 28.2 Å². The summed E-state index contributed by atoms with van der Waals surface area (Å²) >= 11 is 2.85. The molecule has 1 amide bonds. The maximum Gasteiger partial charge on any atom is 0.417 e. The molecule has 2 rings (SSSR count). The Bertz CT molecular complexity index is 543. The summed E-state index contributed by atoms with van der Waals surface area (Å²) in [5.74, 6) is -0.419. The number of nitrogens with one attached hydrogen (secondary N) is 2. The lowest BCUT2D eigenvalue weighted by Gasteiger charge is -2.29. The summed E-state index contributed by atoms with van der Waals surface area (Å²) in [4.78, 5) is 12.1. The Kier molecular flexibility index (Phi) is 6.66. The number of amides is 1. The first-order chi connectivity index (χ1) is 9.79. The van der Waals surface area contributed by atoms with Gasteiger partial charge in [0.2, 0.25) is 5.91 Å². The second-order valence-electron chi connectivity index (χ2n) is 4.69. The lowest BCUT2D eigenvalue weighted by Crippen LogP contribution is -2.53. The zero-order valence-corrected chi connectivity index (χ0v) is 13.9. The van der Waals surface area contributed by atoms with Crippen LogP contribution in [-0.2, 0) is 15.7 Å². The highest BCUT2D eigenvalue weighted by atomic mass is 79.9. The van der Waals surface area contributed by atoms with E-state index in [1.165, 1.54) is 12.1 Å². The minimum absolute atomic E-state index is 0. The Morgan fingerprint density at radius 2 is 2.14 bits per heavy atom. The summed E-state index contributed by atoms with van der Waals surface area (Å²) in [6.45, 7) is 2.76. The second-order valence-corrected chi connectivity index (χ2v) is 5.54. The van der Waals surface area contributed by atoms with Gasteiger partial charge in [0.25, 0.3) is 0 Å². The van der Waals surface area contributed by atoms with Gasteiger partial charge in [-0.05, 0) is 25.1 Å². The molecule has 1 aromatic rings. The van der Waals surface area contributed by atoms with E-state index < -0.39 is 23.7 Å². The lowest BCUT2D eigenvalue weighted by atomic mass is 10.1. The average molecular weight is 404 g/mol. The third-order valence-corrected chi connectivity index (χ3v) is 3.83. The van der Waals surface area contributed by atoms with E-state index in [-0.39, 0.29) is 28.7 Å². The molecule has 124 valence electrons. The Morgan fingerprint density at radius 1 is 1.45 bits per heavy atom. The van der Waals surface area contributed by atoms with Crippen molar-refractivity contribution < 1.29 is 22.7 Å². The van der Waals surface area contributed by atoms with Crippen molar-refractivity contribution in [3.63, 3.8) is 0 Å². The molecule has 0 bridgehead atoms. The molecule has 0 unspecified atom stereocenters. The van der Waals surface area contributed by atoms with E-state index >= 15 is 0 Å². The zero-order valence-electron chi connectivity index (χ0n) is 11.5. The molecule has 1 saturated heterocycles. The van der Waals surface area contributed by atoms with Gasteiger partial charge in [0, 0.05) is 16.7 Å². The molecule has 4 nitrogen and oxygen atoms in total. The van der Waals surface area contributed by atoms with Gasteiger partial charge >= 0.3 is 6.18 Å².